The number of aliphatic carboxylic acids is 1. The van der Waals surface area contributed by atoms with E-state index >= 15 is 0 Å². The molecule has 0 aromatic carbocycles. The van der Waals surface area contributed by atoms with Gasteiger partial charge in [0.05, 0.1) is 11.1 Å². The number of fused-ring (bicyclic) bond motifs is 7. The second-order valence-corrected chi connectivity index (χ2v) is 9.21. The molecule has 2 saturated heterocycles. The fourth-order valence-corrected chi connectivity index (χ4v) is 4.11. The molecule has 2 bridgehead atoms. The number of carbonyl (C=O) groups excluding carboxylic acids is 1. The summed E-state index contributed by atoms with van der Waals surface area (Å²) in [7, 11) is 0. The van der Waals surface area contributed by atoms with E-state index in [0.29, 0.717) is 26.1 Å². The fraction of sp³-hybridized carbons (Fsp3) is 0.905. The van der Waals surface area contributed by atoms with Crippen LogP contribution in [0.5, 0.6) is 0 Å². The van der Waals surface area contributed by atoms with Crippen molar-refractivity contribution in [2.75, 3.05) is 78.5 Å². The van der Waals surface area contributed by atoms with Gasteiger partial charge in [0.2, 0.25) is 5.91 Å². The number of nitrogens with one attached hydrogen (secondary N) is 7. The largest absolute Gasteiger partial charge is 0.481 e. The zero-order valence-electron chi connectivity index (χ0n) is 19.4. The van der Waals surface area contributed by atoms with Gasteiger partial charge in [0.1, 0.15) is 0 Å². The molecule has 186 valence electrons. The minimum atomic E-state index is -0.875. The van der Waals surface area contributed by atoms with E-state index in [1.807, 2.05) is 0 Å². The molecular formula is C21H44N8O3. The van der Waals surface area contributed by atoms with E-state index in [1.54, 1.807) is 0 Å². The van der Waals surface area contributed by atoms with E-state index in [0.717, 1.165) is 71.7 Å². The van der Waals surface area contributed by atoms with Crippen LogP contribution in [-0.4, -0.2) is 107 Å². The van der Waals surface area contributed by atoms with E-state index < -0.39 is 11.5 Å². The molecule has 0 spiro atoms. The van der Waals surface area contributed by atoms with Crippen LogP contribution >= 0.6 is 0 Å². The maximum absolute atomic E-state index is 12.7. The Morgan fingerprint density at radius 1 is 0.719 bits per heavy atom. The average molecular weight is 457 g/mol. The van der Waals surface area contributed by atoms with Crippen LogP contribution in [-0.2, 0) is 9.59 Å². The van der Waals surface area contributed by atoms with Gasteiger partial charge in [-0.05, 0) is 45.4 Å². The number of amides is 1. The van der Waals surface area contributed by atoms with Crippen molar-refractivity contribution < 1.29 is 14.7 Å². The van der Waals surface area contributed by atoms with Gasteiger partial charge in [-0.15, -0.1) is 0 Å². The van der Waals surface area contributed by atoms with Crippen LogP contribution in [0.15, 0.2) is 0 Å². The third kappa shape index (κ3) is 11.0. The van der Waals surface area contributed by atoms with E-state index in [9.17, 15) is 9.59 Å². The maximum atomic E-state index is 12.7. The topological polar surface area (TPSA) is 165 Å². The van der Waals surface area contributed by atoms with Crippen molar-refractivity contribution in [1.29, 1.82) is 0 Å². The van der Waals surface area contributed by atoms with Crippen LogP contribution in [0.3, 0.4) is 0 Å². The highest BCUT2D eigenvalue weighted by atomic mass is 16.4. The predicted molar refractivity (Wildman–Crippen MR) is 126 cm³/mol. The number of rotatable bonds is 5. The zero-order valence-corrected chi connectivity index (χ0v) is 19.4. The molecule has 0 saturated carbocycles. The molecule has 2 heterocycles. The summed E-state index contributed by atoms with van der Waals surface area (Å²) in [6.07, 6.45) is 2.47. The smallest absolute Gasteiger partial charge is 0.303 e. The molecule has 0 aliphatic carbocycles. The molecular weight excluding hydrogens is 412 g/mol. The van der Waals surface area contributed by atoms with Crippen molar-refractivity contribution in [3.8, 4) is 0 Å². The third-order valence-corrected chi connectivity index (χ3v) is 5.91. The van der Waals surface area contributed by atoms with Gasteiger partial charge < -0.3 is 48.1 Å². The first-order chi connectivity index (χ1) is 15.4. The molecule has 11 nitrogen and oxygen atoms in total. The predicted octanol–water partition coefficient (Wildman–Crippen LogP) is -2.86. The minimum absolute atomic E-state index is 0.00345. The molecule has 10 N–H and O–H groups in total. The molecule has 0 aromatic rings. The summed E-state index contributed by atoms with van der Waals surface area (Å²) >= 11 is 0. The first-order valence-corrected chi connectivity index (χ1v) is 12.0. The lowest BCUT2D eigenvalue weighted by Gasteiger charge is -2.36. The van der Waals surface area contributed by atoms with Gasteiger partial charge in [-0.3, -0.25) is 9.59 Å². The summed E-state index contributed by atoms with van der Waals surface area (Å²) in [5.41, 5.74) is 5.82. The van der Waals surface area contributed by atoms with Crippen molar-refractivity contribution in [1.82, 2.24) is 37.2 Å². The molecule has 11 heteroatoms. The molecule has 2 rings (SSSR count). The van der Waals surface area contributed by atoms with Crippen molar-refractivity contribution in [2.45, 2.75) is 43.2 Å². The van der Waals surface area contributed by atoms with Gasteiger partial charge in [-0.25, -0.2) is 0 Å². The Kier molecular flexibility index (Phi) is 12.4. The lowest BCUT2D eigenvalue weighted by molar-refractivity contribution is -0.137. The van der Waals surface area contributed by atoms with E-state index in [2.05, 4.69) is 37.2 Å². The Labute approximate surface area is 191 Å². The molecule has 1 amide bonds. The highest BCUT2D eigenvalue weighted by Gasteiger charge is 2.31. The number of carbonyl (C=O) groups is 2. The SMILES string of the molecule is NC12CNCCCNCC(NC(=O)CCCC(=O)O)(CNCCCNC1)CNCCNC2. The monoisotopic (exact) mass is 456 g/mol. The summed E-state index contributed by atoms with van der Waals surface area (Å²) in [5.74, 6) is -0.984. The molecule has 0 unspecified atom stereocenters. The molecule has 0 aromatic heterocycles. The number of carboxylic acid groups (broad SMARTS) is 1. The van der Waals surface area contributed by atoms with Crippen molar-refractivity contribution in [3.63, 3.8) is 0 Å². The Balaban J connectivity index is 2.09. The lowest BCUT2D eigenvalue weighted by atomic mass is 9.97. The number of hydrogen-bond acceptors (Lipinski definition) is 9. The highest BCUT2D eigenvalue weighted by molar-refractivity contribution is 5.77. The first-order valence-electron chi connectivity index (χ1n) is 12.0. The molecule has 2 aliphatic heterocycles. The van der Waals surface area contributed by atoms with Crippen molar-refractivity contribution in [3.05, 3.63) is 0 Å². The minimum Gasteiger partial charge on any atom is -0.481 e. The second-order valence-electron chi connectivity index (χ2n) is 9.21. The Morgan fingerprint density at radius 3 is 1.66 bits per heavy atom. The Morgan fingerprint density at radius 2 is 1.16 bits per heavy atom. The first kappa shape index (κ1) is 26.9. The normalized spacial score (nSPS) is 29.8. The van der Waals surface area contributed by atoms with E-state index in [-0.39, 0.29) is 24.3 Å². The van der Waals surface area contributed by atoms with Gasteiger partial charge in [-0.2, -0.15) is 0 Å². The van der Waals surface area contributed by atoms with Gasteiger partial charge >= 0.3 is 5.97 Å². The molecule has 0 radical (unpaired) electrons. The maximum Gasteiger partial charge on any atom is 0.303 e. The van der Waals surface area contributed by atoms with Crippen molar-refractivity contribution in [2.24, 2.45) is 5.73 Å². The standard InChI is InChI=1S/C21H44N8O3/c22-20-12-23-6-2-8-25-15-21(17-28-11-10-27-14-20,16-26-9-3-7-24-13-20)29-18(30)4-1-5-19(31)32/h23-28H,1-17,22H2,(H,29,30)(H,31,32). The van der Waals surface area contributed by atoms with Gasteiger partial charge in [0.25, 0.3) is 0 Å². The van der Waals surface area contributed by atoms with Crippen LogP contribution in [0.4, 0.5) is 0 Å². The summed E-state index contributed by atoms with van der Waals surface area (Å²) in [4.78, 5) is 23.5. The van der Waals surface area contributed by atoms with Gasteiger partial charge in [0, 0.05) is 65.2 Å². The Bertz CT molecular complexity index is 545. The van der Waals surface area contributed by atoms with E-state index in [1.165, 1.54) is 0 Å². The summed E-state index contributed by atoms with van der Waals surface area (Å²) in [6, 6.07) is 0. The summed E-state index contributed by atoms with van der Waals surface area (Å²) in [5, 5.41) is 33.0. The number of carboxylic acids is 1. The Hall–Kier alpha value is -1.34. The van der Waals surface area contributed by atoms with Crippen molar-refractivity contribution >= 4 is 11.9 Å². The zero-order chi connectivity index (χ0) is 23.1. The van der Waals surface area contributed by atoms with Crippen LogP contribution in [0.1, 0.15) is 32.1 Å². The molecule has 2 aliphatic rings. The molecule has 2 fully saturated rings. The lowest BCUT2D eigenvalue weighted by Crippen LogP contribution is -2.65. The molecule has 32 heavy (non-hydrogen) atoms. The van der Waals surface area contributed by atoms with Gasteiger partial charge in [0.15, 0.2) is 0 Å². The van der Waals surface area contributed by atoms with Gasteiger partial charge in [-0.1, -0.05) is 0 Å². The van der Waals surface area contributed by atoms with Crippen LogP contribution in [0.25, 0.3) is 0 Å². The highest BCUT2D eigenvalue weighted by Crippen LogP contribution is 2.06. The number of nitrogens with two attached hydrogens (primary N) is 1. The van der Waals surface area contributed by atoms with Crippen LogP contribution in [0, 0.1) is 0 Å². The third-order valence-electron chi connectivity index (χ3n) is 5.91. The van der Waals surface area contributed by atoms with Crippen LogP contribution < -0.4 is 43.0 Å². The quantitative estimate of drug-likeness (QED) is 0.210. The summed E-state index contributed by atoms with van der Waals surface area (Å²) < 4.78 is 0. The molecule has 0 atom stereocenters. The van der Waals surface area contributed by atoms with E-state index in [4.69, 9.17) is 10.8 Å². The number of hydrogen-bond donors (Lipinski definition) is 9. The average Bonchev–Trinajstić information content (AvgIpc) is 2.74. The summed E-state index contributed by atoms with van der Waals surface area (Å²) in [6.45, 7) is 9.03. The van der Waals surface area contributed by atoms with Crippen LogP contribution in [0.2, 0.25) is 0 Å². The fourth-order valence-electron chi connectivity index (χ4n) is 4.11. The second kappa shape index (κ2) is 14.7.